The van der Waals surface area contributed by atoms with Crippen LogP contribution in [-0.4, -0.2) is 30.3 Å². The van der Waals surface area contributed by atoms with Gasteiger partial charge in [-0.25, -0.2) is 0 Å². The van der Waals surface area contributed by atoms with Crippen molar-refractivity contribution < 1.29 is 23.2 Å². The first kappa shape index (κ1) is 24.3. The Balaban J connectivity index is 1.69. The molecule has 184 valence electrons. The highest BCUT2D eigenvalue weighted by atomic mass is 16.3. The van der Waals surface area contributed by atoms with Crippen LogP contribution in [0.4, 0.5) is 5.69 Å². The number of furan rings is 2. The average molecular weight is 478 g/mol. The van der Waals surface area contributed by atoms with E-state index in [4.69, 9.17) is 8.83 Å². The molecule has 1 aromatic carbocycles. The predicted molar refractivity (Wildman–Crippen MR) is 131 cm³/mol. The van der Waals surface area contributed by atoms with Crippen LogP contribution in [0.1, 0.15) is 64.9 Å². The lowest BCUT2D eigenvalue weighted by atomic mass is 10.1. The Morgan fingerprint density at radius 3 is 2.34 bits per heavy atom. The van der Waals surface area contributed by atoms with Crippen molar-refractivity contribution in [2.45, 2.75) is 58.5 Å². The minimum atomic E-state index is -1.03. The third kappa shape index (κ3) is 5.82. The molecule has 1 aliphatic carbocycles. The quantitative estimate of drug-likeness (QED) is 0.502. The van der Waals surface area contributed by atoms with Crippen molar-refractivity contribution >= 4 is 23.4 Å². The van der Waals surface area contributed by atoms with Gasteiger partial charge >= 0.3 is 0 Å². The number of rotatable bonds is 8. The van der Waals surface area contributed by atoms with Crippen LogP contribution in [0.25, 0.3) is 0 Å². The molecule has 2 heterocycles. The van der Waals surface area contributed by atoms with E-state index in [1.54, 1.807) is 25.1 Å². The van der Waals surface area contributed by atoms with Gasteiger partial charge in [0.1, 0.15) is 11.5 Å². The Morgan fingerprint density at radius 1 is 1.03 bits per heavy atom. The molecule has 0 saturated heterocycles. The first-order chi connectivity index (χ1) is 16.8. The molecule has 1 unspecified atom stereocenters. The van der Waals surface area contributed by atoms with Crippen LogP contribution in [0.5, 0.6) is 0 Å². The number of amides is 3. The van der Waals surface area contributed by atoms with Gasteiger partial charge in [-0.3, -0.25) is 19.3 Å². The molecule has 3 amide bonds. The fourth-order valence-corrected chi connectivity index (χ4v) is 4.59. The SMILES string of the molecule is Cc1cc(C)cc(N(C(=O)CNC(=O)c2ccco2)C(C(=O)NC2CCCC2)c2ccc(C)o2)c1. The van der Waals surface area contributed by atoms with Crippen molar-refractivity contribution in [3.63, 3.8) is 0 Å². The zero-order valence-corrected chi connectivity index (χ0v) is 20.3. The van der Waals surface area contributed by atoms with E-state index in [2.05, 4.69) is 10.6 Å². The van der Waals surface area contributed by atoms with E-state index < -0.39 is 17.9 Å². The second-order valence-electron chi connectivity index (χ2n) is 9.11. The summed E-state index contributed by atoms with van der Waals surface area (Å²) in [7, 11) is 0. The van der Waals surface area contributed by atoms with E-state index >= 15 is 0 Å². The average Bonchev–Trinajstić information content (AvgIpc) is 3.58. The maximum absolute atomic E-state index is 13.7. The topological polar surface area (TPSA) is 105 Å². The maximum Gasteiger partial charge on any atom is 0.287 e. The van der Waals surface area contributed by atoms with E-state index in [1.165, 1.54) is 17.2 Å². The van der Waals surface area contributed by atoms with Crippen LogP contribution in [-0.2, 0) is 9.59 Å². The highest BCUT2D eigenvalue weighted by molar-refractivity contribution is 6.04. The summed E-state index contributed by atoms with van der Waals surface area (Å²) in [5.41, 5.74) is 2.45. The highest BCUT2D eigenvalue weighted by Gasteiger charge is 2.36. The maximum atomic E-state index is 13.7. The largest absolute Gasteiger partial charge is 0.464 e. The van der Waals surface area contributed by atoms with Gasteiger partial charge in [-0.2, -0.15) is 0 Å². The second kappa shape index (κ2) is 10.6. The number of hydrogen-bond donors (Lipinski definition) is 2. The number of carbonyl (C=O) groups is 3. The molecule has 2 aromatic heterocycles. The lowest BCUT2D eigenvalue weighted by Crippen LogP contribution is -2.49. The third-order valence-electron chi connectivity index (χ3n) is 6.14. The molecule has 8 heteroatoms. The van der Waals surface area contributed by atoms with Gasteiger partial charge in [-0.1, -0.05) is 18.9 Å². The van der Waals surface area contributed by atoms with E-state index in [1.807, 2.05) is 32.0 Å². The Hall–Kier alpha value is -3.81. The summed E-state index contributed by atoms with van der Waals surface area (Å²) in [6, 6.07) is 11.3. The minimum Gasteiger partial charge on any atom is -0.464 e. The third-order valence-corrected chi connectivity index (χ3v) is 6.14. The second-order valence-corrected chi connectivity index (χ2v) is 9.11. The molecule has 1 atom stereocenters. The zero-order valence-electron chi connectivity index (χ0n) is 20.3. The summed E-state index contributed by atoms with van der Waals surface area (Å²) in [6.07, 6.45) is 5.34. The van der Waals surface area contributed by atoms with Crippen molar-refractivity contribution in [3.05, 3.63) is 77.1 Å². The van der Waals surface area contributed by atoms with Crippen LogP contribution in [0, 0.1) is 20.8 Å². The lowest BCUT2D eigenvalue weighted by Gasteiger charge is -2.31. The van der Waals surface area contributed by atoms with Crippen molar-refractivity contribution in [2.75, 3.05) is 11.4 Å². The molecule has 1 saturated carbocycles. The molecule has 2 N–H and O–H groups in total. The Kier molecular flexibility index (Phi) is 7.39. The number of benzene rings is 1. The molecule has 3 aromatic rings. The van der Waals surface area contributed by atoms with E-state index in [9.17, 15) is 14.4 Å². The van der Waals surface area contributed by atoms with Gasteiger partial charge < -0.3 is 19.5 Å². The Labute approximate surface area is 204 Å². The smallest absolute Gasteiger partial charge is 0.287 e. The van der Waals surface area contributed by atoms with Gasteiger partial charge in [-0.15, -0.1) is 0 Å². The first-order valence-corrected chi connectivity index (χ1v) is 11.9. The van der Waals surface area contributed by atoms with Gasteiger partial charge in [0, 0.05) is 11.7 Å². The number of hydrogen-bond acceptors (Lipinski definition) is 5. The number of carbonyl (C=O) groups excluding carboxylic acids is 3. The standard InChI is InChI=1S/C27H31N3O5/c1-17-13-18(2)15-21(14-17)30(24(31)16-28-26(32)23-9-6-12-34-23)25(22-11-10-19(3)35-22)27(33)29-20-7-4-5-8-20/h6,9-15,20,25H,4-5,7-8,16H2,1-3H3,(H,28,32)(H,29,33). The molecule has 35 heavy (non-hydrogen) atoms. The minimum absolute atomic E-state index is 0.0657. The molecule has 0 bridgehead atoms. The molecule has 8 nitrogen and oxygen atoms in total. The number of nitrogens with zero attached hydrogens (tertiary/aromatic N) is 1. The van der Waals surface area contributed by atoms with Crippen LogP contribution >= 0.6 is 0 Å². The summed E-state index contributed by atoms with van der Waals surface area (Å²) >= 11 is 0. The van der Waals surface area contributed by atoms with Gasteiger partial charge in [0.05, 0.1) is 12.8 Å². The lowest BCUT2D eigenvalue weighted by molar-refractivity contribution is -0.127. The first-order valence-electron chi connectivity index (χ1n) is 11.9. The van der Waals surface area contributed by atoms with Crippen molar-refractivity contribution in [1.29, 1.82) is 0 Å². The van der Waals surface area contributed by atoms with Gasteiger partial charge in [0.25, 0.3) is 11.8 Å². The summed E-state index contributed by atoms with van der Waals surface area (Å²) in [6.45, 7) is 5.34. The van der Waals surface area contributed by atoms with E-state index in [0.29, 0.717) is 17.2 Å². The van der Waals surface area contributed by atoms with Crippen LogP contribution in [0.15, 0.2) is 57.6 Å². The van der Waals surface area contributed by atoms with Crippen molar-refractivity contribution in [1.82, 2.24) is 10.6 Å². The Bertz CT molecular complexity index is 1170. The molecule has 1 fully saturated rings. The number of nitrogens with one attached hydrogen (secondary N) is 2. The summed E-state index contributed by atoms with van der Waals surface area (Å²) in [4.78, 5) is 41.2. The van der Waals surface area contributed by atoms with Gasteiger partial charge in [0.2, 0.25) is 5.91 Å². The van der Waals surface area contributed by atoms with E-state index in [-0.39, 0.29) is 24.3 Å². The zero-order chi connectivity index (χ0) is 24.9. The molecule has 4 rings (SSSR count). The van der Waals surface area contributed by atoms with E-state index in [0.717, 1.165) is 36.8 Å². The molecular formula is C27H31N3O5. The molecular weight excluding hydrogens is 446 g/mol. The van der Waals surface area contributed by atoms with Crippen molar-refractivity contribution in [2.24, 2.45) is 0 Å². The van der Waals surface area contributed by atoms with Crippen molar-refractivity contribution in [3.8, 4) is 0 Å². The number of anilines is 1. The molecule has 0 radical (unpaired) electrons. The fourth-order valence-electron chi connectivity index (χ4n) is 4.59. The fraction of sp³-hybridized carbons (Fsp3) is 0.370. The Morgan fingerprint density at radius 2 is 1.74 bits per heavy atom. The van der Waals surface area contributed by atoms with Gasteiger partial charge in [0.15, 0.2) is 11.8 Å². The summed E-state index contributed by atoms with van der Waals surface area (Å²) in [5.74, 6) is -0.162. The van der Waals surface area contributed by atoms with Gasteiger partial charge in [-0.05, 0) is 81.1 Å². The normalized spacial score (nSPS) is 14.5. The summed E-state index contributed by atoms with van der Waals surface area (Å²) in [5, 5.41) is 5.71. The highest BCUT2D eigenvalue weighted by Crippen LogP contribution is 2.31. The summed E-state index contributed by atoms with van der Waals surface area (Å²) < 4.78 is 11.0. The predicted octanol–water partition coefficient (Wildman–Crippen LogP) is 4.36. The van der Waals surface area contributed by atoms with Crippen LogP contribution < -0.4 is 15.5 Å². The molecule has 0 aliphatic heterocycles. The molecule has 0 spiro atoms. The van der Waals surface area contributed by atoms with Crippen LogP contribution in [0.3, 0.4) is 0 Å². The monoisotopic (exact) mass is 477 g/mol. The van der Waals surface area contributed by atoms with Crippen LogP contribution in [0.2, 0.25) is 0 Å². The molecule has 1 aliphatic rings. The number of aryl methyl sites for hydroxylation is 3.